The van der Waals surface area contributed by atoms with Crippen molar-refractivity contribution >= 4 is 5.82 Å². The van der Waals surface area contributed by atoms with Gasteiger partial charge in [-0.05, 0) is 30.9 Å². The second-order valence-corrected chi connectivity index (χ2v) is 10.8. The molecule has 1 aliphatic rings. The van der Waals surface area contributed by atoms with E-state index in [-0.39, 0.29) is 11.9 Å². The van der Waals surface area contributed by atoms with Crippen LogP contribution >= 0.6 is 0 Å². The molecule has 0 atom stereocenters. The summed E-state index contributed by atoms with van der Waals surface area (Å²) in [5.74, 6) is 2.77. The average molecular weight is 559 g/mol. The molecule has 8 nitrogen and oxygen atoms in total. The van der Waals surface area contributed by atoms with E-state index < -0.39 is 11.9 Å². The Hall–Kier alpha value is -4.54. The Labute approximate surface area is 235 Å². The molecular weight excluding hydrogens is 529 g/mol. The highest BCUT2D eigenvalue weighted by molar-refractivity contribution is 5.68. The van der Waals surface area contributed by atoms with Crippen LogP contribution in [0.5, 0.6) is 0 Å². The quantitative estimate of drug-likeness (QED) is 0.227. The van der Waals surface area contributed by atoms with Gasteiger partial charge in [0.05, 0.1) is 12.7 Å². The van der Waals surface area contributed by atoms with Crippen LogP contribution in [0.25, 0.3) is 28.5 Å². The minimum Gasteiger partial charge on any atom is -0.343 e. The molecule has 41 heavy (non-hydrogen) atoms. The first kappa shape index (κ1) is 26.7. The number of hydrogen-bond donors (Lipinski definition) is 0. The number of hydrogen-bond acceptors (Lipinski definition) is 6. The minimum atomic E-state index is -4.51. The largest absolute Gasteiger partial charge is 0.434 e. The maximum absolute atomic E-state index is 13.4. The van der Waals surface area contributed by atoms with E-state index >= 15 is 0 Å². The summed E-state index contributed by atoms with van der Waals surface area (Å²) in [5, 5.41) is 8.37. The van der Waals surface area contributed by atoms with Crippen molar-refractivity contribution in [3.05, 3.63) is 89.9 Å². The van der Waals surface area contributed by atoms with E-state index in [1.165, 1.54) is 5.56 Å². The van der Waals surface area contributed by atoms with Gasteiger partial charge >= 0.3 is 6.18 Å². The zero-order chi connectivity index (χ0) is 28.9. The van der Waals surface area contributed by atoms with Crippen LogP contribution in [0.1, 0.15) is 62.3 Å². The van der Waals surface area contributed by atoms with E-state index in [1.807, 2.05) is 60.9 Å². The lowest BCUT2D eigenvalue weighted by Gasteiger charge is -2.30. The summed E-state index contributed by atoms with van der Waals surface area (Å²) in [7, 11) is 0. The predicted octanol–water partition coefficient (Wildman–Crippen LogP) is 6.83. The molecular formula is C30H29F3N8. The molecule has 1 aliphatic heterocycles. The summed E-state index contributed by atoms with van der Waals surface area (Å²) in [5.41, 5.74) is 3.64. The molecule has 0 fully saturated rings. The van der Waals surface area contributed by atoms with Gasteiger partial charge in [-0.15, -0.1) is 10.2 Å². The summed E-state index contributed by atoms with van der Waals surface area (Å²) >= 11 is 0. The number of aromatic nitrogens is 7. The van der Waals surface area contributed by atoms with Crippen LogP contribution in [0.4, 0.5) is 19.0 Å². The molecule has 0 unspecified atom stereocenters. The van der Waals surface area contributed by atoms with Gasteiger partial charge < -0.3 is 9.47 Å². The normalized spacial score (nSPS) is 13.1. The summed E-state index contributed by atoms with van der Waals surface area (Å²) in [6.45, 7) is 8.96. The summed E-state index contributed by atoms with van der Waals surface area (Å²) in [4.78, 5) is 15.8. The molecule has 4 heterocycles. The van der Waals surface area contributed by atoms with Crippen molar-refractivity contribution in [2.24, 2.45) is 0 Å². The zero-order valence-electron chi connectivity index (χ0n) is 23.1. The molecule has 0 aliphatic carbocycles. The lowest BCUT2D eigenvalue weighted by molar-refractivity contribution is -0.140. The molecule has 0 bridgehead atoms. The van der Waals surface area contributed by atoms with Crippen LogP contribution in [-0.2, 0) is 19.3 Å². The Morgan fingerprint density at radius 1 is 0.951 bits per heavy atom. The van der Waals surface area contributed by atoms with Crippen LogP contribution in [0.2, 0.25) is 0 Å². The van der Waals surface area contributed by atoms with Crippen LogP contribution in [0, 0.1) is 0 Å². The number of benzene rings is 2. The fourth-order valence-electron chi connectivity index (χ4n) is 5.16. The third kappa shape index (κ3) is 4.96. The Morgan fingerprint density at radius 2 is 1.71 bits per heavy atom. The first-order valence-corrected chi connectivity index (χ1v) is 13.5. The first-order chi connectivity index (χ1) is 19.6. The highest BCUT2D eigenvalue weighted by atomic mass is 19.4. The molecule has 0 N–H and O–H groups in total. The van der Waals surface area contributed by atoms with Crippen molar-refractivity contribution < 1.29 is 13.2 Å². The van der Waals surface area contributed by atoms with Crippen molar-refractivity contribution in [1.29, 1.82) is 0 Å². The van der Waals surface area contributed by atoms with Gasteiger partial charge in [0.25, 0.3) is 0 Å². The number of nitrogens with zero attached hydrogens (tertiary/aromatic N) is 8. The van der Waals surface area contributed by atoms with Gasteiger partial charge in [0.2, 0.25) is 0 Å². The fourth-order valence-corrected chi connectivity index (χ4v) is 5.16. The number of fused-ring (bicyclic) bond motifs is 3. The second-order valence-electron chi connectivity index (χ2n) is 10.8. The molecule has 0 saturated carbocycles. The third-order valence-electron chi connectivity index (χ3n) is 7.25. The van der Waals surface area contributed by atoms with Gasteiger partial charge in [-0.2, -0.15) is 13.2 Å². The summed E-state index contributed by atoms with van der Waals surface area (Å²) in [6.07, 6.45) is 0.0369. The first-order valence-electron chi connectivity index (χ1n) is 13.5. The summed E-state index contributed by atoms with van der Waals surface area (Å²) < 4.78 is 43.6. The van der Waals surface area contributed by atoms with E-state index in [1.54, 1.807) is 17.1 Å². The van der Waals surface area contributed by atoms with Crippen LogP contribution in [0.15, 0.2) is 67.3 Å². The molecule has 3 aromatic heterocycles. The maximum atomic E-state index is 13.4. The fraction of sp³-hybridized carbons (Fsp3) is 0.300. The van der Waals surface area contributed by atoms with E-state index in [0.717, 1.165) is 34.7 Å². The van der Waals surface area contributed by atoms with Crippen molar-refractivity contribution in [2.45, 2.75) is 58.9 Å². The van der Waals surface area contributed by atoms with E-state index in [0.29, 0.717) is 30.4 Å². The lowest BCUT2D eigenvalue weighted by atomic mass is 9.97. The van der Waals surface area contributed by atoms with Crippen molar-refractivity contribution in [1.82, 2.24) is 34.3 Å². The van der Waals surface area contributed by atoms with E-state index in [2.05, 4.69) is 40.0 Å². The highest BCUT2D eigenvalue weighted by Crippen LogP contribution is 2.35. The number of alkyl halides is 3. The number of anilines is 1. The van der Waals surface area contributed by atoms with Crippen molar-refractivity contribution in [3.8, 4) is 28.5 Å². The molecule has 2 aromatic carbocycles. The molecule has 0 spiro atoms. The van der Waals surface area contributed by atoms with Gasteiger partial charge in [0, 0.05) is 29.9 Å². The van der Waals surface area contributed by atoms with E-state index in [4.69, 9.17) is 9.97 Å². The van der Waals surface area contributed by atoms with Gasteiger partial charge in [-0.3, -0.25) is 4.57 Å². The SMILES string of the molecule is CC(C)c1ccccc1-c1ncc2c(n1)N(Cc1ccc(-c3nc(C(F)(F)F)cn3C(C)C)cc1)Cc1nncn1-2. The van der Waals surface area contributed by atoms with Crippen molar-refractivity contribution in [2.75, 3.05) is 4.90 Å². The minimum absolute atomic E-state index is 0.176. The third-order valence-corrected chi connectivity index (χ3v) is 7.25. The molecule has 210 valence electrons. The monoisotopic (exact) mass is 558 g/mol. The van der Waals surface area contributed by atoms with E-state index in [9.17, 15) is 13.2 Å². The Balaban J connectivity index is 1.34. The predicted molar refractivity (Wildman–Crippen MR) is 149 cm³/mol. The number of rotatable bonds is 6. The van der Waals surface area contributed by atoms with Crippen LogP contribution in [0.3, 0.4) is 0 Å². The molecule has 11 heteroatoms. The second kappa shape index (κ2) is 10.1. The number of halogens is 3. The standard InChI is InChI=1S/C30H29F3N8/c1-18(2)22-7-5-6-8-23(22)27-34-13-24-29(37-27)39(16-26-38-35-17-41(24)26)14-20-9-11-21(12-10-20)28-36-25(30(31,32)33)15-40(28)19(3)4/h5-13,15,17-19H,14,16H2,1-4H3. The van der Waals surface area contributed by atoms with Crippen LogP contribution < -0.4 is 4.90 Å². The summed E-state index contributed by atoms with van der Waals surface area (Å²) in [6, 6.07) is 15.4. The van der Waals surface area contributed by atoms with Gasteiger partial charge in [0.1, 0.15) is 17.8 Å². The lowest BCUT2D eigenvalue weighted by Crippen LogP contribution is -2.30. The van der Waals surface area contributed by atoms with Crippen molar-refractivity contribution in [3.63, 3.8) is 0 Å². The highest BCUT2D eigenvalue weighted by Gasteiger charge is 2.35. The maximum Gasteiger partial charge on any atom is 0.434 e. The number of imidazole rings is 1. The molecule has 0 radical (unpaired) electrons. The molecule has 6 rings (SSSR count). The van der Waals surface area contributed by atoms with Gasteiger partial charge in [0.15, 0.2) is 23.2 Å². The average Bonchev–Trinajstić information content (AvgIpc) is 3.61. The Morgan fingerprint density at radius 3 is 2.41 bits per heavy atom. The Bertz CT molecular complexity index is 1700. The zero-order valence-corrected chi connectivity index (χ0v) is 23.1. The molecule has 0 saturated heterocycles. The van der Waals surface area contributed by atoms with Gasteiger partial charge in [-0.25, -0.2) is 15.0 Å². The Kier molecular flexibility index (Phi) is 6.59. The smallest absolute Gasteiger partial charge is 0.343 e. The topological polar surface area (TPSA) is 77.6 Å². The van der Waals surface area contributed by atoms with Crippen LogP contribution in [-0.4, -0.2) is 34.3 Å². The molecule has 0 amide bonds. The molecule has 5 aromatic rings. The van der Waals surface area contributed by atoms with Gasteiger partial charge in [-0.1, -0.05) is 62.4 Å².